The number of carbonyl (C=O) groups excluding carboxylic acids is 2. The van der Waals surface area contributed by atoms with Gasteiger partial charge in [-0.2, -0.15) is 5.26 Å². The van der Waals surface area contributed by atoms with E-state index in [2.05, 4.69) is 6.07 Å². The van der Waals surface area contributed by atoms with Crippen molar-refractivity contribution in [3.63, 3.8) is 0 Å². The Hall–Kier alpha value is -2.35. The second-order valence-corrected chi connectivity index (χ2v) is 6.01. The first-order chi connectivity index (χ1) is 10.7. The van der Waals surface area contributed by atoms with Crippen LogP contribution < -0.4 is 0 Å². The lowest BCUT2D eigenvalue weighted by molar-refractivity contribution is -0.138. The van der Waals surface area contributed by atoms with Gasteiger partial charge in [0.2, 0.25) is 5.91 Å². The van der Waals surface area contributed by atoms with Crippen molar-refractivity contribution in [1.29, 1.82) is 5.26 Å². The van der Waals surface area contributed by atoms with Crippen LogP contribution in [0.15, 0.2) is 30.3 Å². The predicted molar refractivity (Wildman–Crippen MR) is 78.5 cm³/mol. The topological polar surface area (TPSA) is 70.4 Å². The average Bonchev–Trinajstić information content (AvgIpc) is 3.14. The smallest absolute Gasteiger partial charge is 0.306 e. The van der Waals surface area contributed by atoms with Crippen LogP contribution in [0.5, 0.6) is 0 Å². The number of hydrogen-bond donors (Lipinski definition) is 0. The maximum atomic E-state index is 12.4. The molecule has 5 nitrogen and oxygen atoms in total. The van der Waals surface area contributed by atoms with Crippen molar-refractivity contribution < 1.29 is 14.3 Å². The lowest BCUT2D eigenvalue weighted by Crippen LogP contribution is -2.30. The summed E-state index contributed by atoms with van der Waals surface area (Å²) in [7, 11) is 0. The number of nitrogens with zero attached hydrogens (tertiary/aromatic N) is 2. The highest BCUT2D eigenvalue weighted by molar-refractivity contribution is 5.79. The van der Waals surface area contributed by atoms with Gasteiger partial charge in [0.05, 0.1) is 25.0 Å². The summed E-state index contributed by atoms with van der Waals surface area (Å²) in [6.07, 6.45) is 0.648. The van der Waals surface area contributed by atoms with Gasteiger partial charge < -0.3 is 9.64 Å². The summed E-state index contributed by atoms with van der Waals surface area (Å²) in [5, 5.41) is 9.36. The van der Waals surface area contributed by atoms with Gasteiger partial charge in [0.15, 0.2) is 0 Å². The lowest BCUT2D eigenvalue weighted by atomic mass is 9.90. The minimum absolute atomic E-state index is 0.0157. The fourth-order valence-corrected chi connectivity index (χ4v) is 3.25. The molecule has 2 fully saturated rings. The maximum absolute atomic E-state index is 12.4. The molecule has 0 bridgehead atoms. The third-order valence-corrected chi connectivity index (χ3v) is 4.46. The Kier molecular flexibility index (Phi) is 4.10. The van der Waals surface area contributed by atoms with Crippen LogP contribution in [0.3, 0.4) is 0 Å². The van der Waals surface area contributed by atoms with Gasteiger partial charge in [0.25, 0.3) is 0 Å². The van der Waals surface area contributed by atoms with E-state index in [9.17, 15) is 14.9 Å². The largest absolute Gasteiger partial charge is 0.465 e. The molecular formula is C17H18N2O3. The number of ether oxygens (including phenoxy) is 1. The number of cyclic esters (lactones) is 1. The first-order valence-corrected chi connectivity index (χ1v) is 7.55. The Morgan fingerprint density at radius 3 is 2.73 bits per heavy atom. The predicted octanol–water partition coefficient (Wildman–Crippen LogP) is 1.71. The normalized spacial score (nSPS) is 27.5. The fourth-order valence-electron chi connectivity index (χ4n) is 3.25. The number of rotatable bonds is 3. The molecule has 2 aliphatic heterocycles. The molecule has 114 valence electrons. The minimum Gasteiger partial charge on any atom is -0.465 e. The van der Waals surface area contributed by atoms with Crippen molar-refractivity contribution >= 4 is 11.9 Å². The first-order valence-electron chi connectivity index (χ1n) is 7.55. The van der Waals surface area contributed by atoms with Crippen molar-refractivity contribution in [2.75, 3.05) is 19.7 Å². The van der Waals surface area contributed by atoms with Crippen molar-refractivity contribution in [2.24, 2.45) is 11.8 Å². The van der Waals surface area contributed by atoms with Gasteiger partial charge in [0, 0.05) is 31.3 Å². The molecule has 0 N–H and O–H groups in total. The van der Waals surface area contributed by atoms with E-state index in [4.69, 9.17) is 4.74 Å². The zero-order valence-corrected chi connectivity index (χ0v) is 12.3. The number of nitriles is 1. The molecule has 3 atom stereocenters. The van der Waals surface area contributed by atoms with Crippen LogP contribution in [0.4, 0.5) is 0 Å². The molecule has 1 unspecified atom stereocenters. The third kappa shape index (κ3) is 2.96. The number of benzene rings is 1. The molecule has 2 saturated heterocycles. The molecule has 22 heavy (non-hydrogen) atoms. The molecule has 2 heterocycles. The van der Waals surface area contributed by atoms with E-state index in [0.29, 0.717) is 32.5 Å². The van der Waals surface area contributed by atoms with Crippen molar-refractivity contribution in [1.82, 2.24) is 4.90 Å². The van der Waals surface area contributed by atoms with Gasteiger partial charge in [0.1, 0.15) is 0 Å². The molecule has 0 spiro atoms. The Balaban J connectivity index is 1.65. The average molecular weight is 298 g/mol. The van der Waals surface area contributed by atoms with Gasteiger partial charge in [-0.15, -0.1) is 0 Å². The van der Waals surface area contributed by atoms with Gasteiger partial charge in [-0.3, -0.25) is 9.59 Å². The van der Waals surface area contributed by atoms with Crippen molar-refractivity contribution in [2.45, 2.75) is 18.8 Å². The summed E-state index contributed by atoms with van der Waals surface area (Å²) in [5.41, 5.74) is 1.10. The lowest BCUT2D eigenvalue weighted by Gasteiger charge is -2.17. The minimum atomic E-state index is -0.226. The molecule has 0 radical (unpaired) electrons. The third-order valence-electron chi connectivity index (χ3n) is 4.46. The van der Waals surface area contributed by atoms with Gasteiger partial charge in [-0.1, -0.05) is 30.3 Å². The van der Waals surface area contributed by atoms with Crippen LogP contribution in [-0.2, 0) is 14.3 Å². The summed E-state index contributed by atoms with van der Waals surface area (Å²) in [5.74, 6) is -0.334. The molecule has 1 aromatic carbocycles. The first kappa shape index (κ1) is 14.6. The summed E-state index contributed by atoms with van der Waals surface area (Å²) in [6.45, 7) is 1.38. The van der Waals surface area contributed by atoms with Gasteiger partial charge >= 0.3 is 5.97 Å². The Labute approximate surface area is 129 Å². The molecule has 0 saturated carbocycles. The van der Waals surface area contributed by atoms with Gasteiger partial charge in [-0.05, 0) is 5.56 Å². The molecular weight excluding hydrogens is 280 g/mol. The molecule has 3 rings (SSSR count). The van der Waals surface area contributed by atoms with Crippen LogP contribution in [0.25, 0.3) is 0 Å². The number of esters is 1. The van der Waals surface area contributed by atoms with E-state index in [1.165, 1.54) is 0 Å². The zero-order valence-electron chi connectivity index (χ0n) is 12.3. The summed E-state index contributed by atoms with van der Waals surface area (Å²) in [4.78, 5) is 25.3. The fraction of sp³-hybridized carbons (Fsp3) is 0.471. The summed E-state index contributed by atoms with van der Waals surface area (Å²) < 4.78 is 4.90. The molecule has 1 amide bonds. The highest BCUT2D eigenvalue weighted by Crippen LogP contribution is 2.33. The highest BCUT2D eigenvalue weighted by Gasteiger charge is 2.37. The van der Waals surface area contributed by atoms with E-state index in [1.54, 1.807) is 4.90 Å². The van der Waals surface area contributed by atoms with Crippen LogP contribution in [0.1, 0.15) is 24.3 Å². The Morgan fingerprint density at radius 2 is 2.09 bits per heavy atom. The van der Waals surface area contributed by atoms with Crippen LogP contribution in [0, 0.1) is 23.2 Å². The van der Waals surface area contributed by atoms with Gasteiger partial charge in [-0.25, -0.2) is 0 Å². The van der Waals surface area contributed by atoms with E-state index < -0.39 is 0 Å². The maximum Gasteiger partial charge on any atom is 0.306 e. The van der Waals surface area contributed by atoms with E-state index in [1.807, 2.05) is 30.3 Å². The SMILES string of the molecule is N#C[C@@H]1CN(C(=O)CC2COC(=O)C2)C[C@H]1c1ccccc1. The number of carbonyl (C=O) groups is 2. The summed E-state index contributed by atoms with van der Waals surface area (Å²) >= 11 is 0. The monoisotopic (exact) mass is 298 g/mol. The number of hydrogen-bond acceptors (Lipinski definition) is 4. The van der Waals surface area contributed by atoms with Crippen LogP contribution >= 0.6 is 0 Å². The zero-order chi connectivity index (χ0) is 15.5. The molecule has 0 aromatic heterocycles. The Morgan fingerprint density at radius 1 is 1.32 bits per heavy atom. The molecule has 5 heteroatoms. The Bertz CT molecular complexity index is 608. The highest BCUT2D eigenvalue weighted by atomic mass is 16.5. The quantitative estimate of drug-likeness (QED) is 0.796. The van der Waals surface area contributed by atoms with Crippen LogP contribution in [-0.4, -0.2) is 36.5 Å². The number of amides is 1. The van der Waals surface area contributed by atoms with E-state index in [-0.39, 0.29) is 29.6 Å². The number of likely N-dealkylation sites (tertiary alicyclic amines) is 1. The van der Waals surface area contributed by atoms with E-state index in [0.717, 1.165) is 5.56 Å². The molecule has 0 aliphatic carbocycles. The van der Waals surface area contributed by atoms with E-state index >= 15 is 0 Å². The standard InChI is InChI=1S/C17H18N2O3/c18-8-14-9-19(10-15(14)13-4-2-1-3-5-13)16(20)6-12-7-17(21)22-11-12/h1-5,12,14-15H,6-7,9-11H2/t12?,14-,15+/m1/s1. The second kappa shape index (κ2) is 6.18. The van der Waals surface area contributed by atoms with Crippen molar-refractivity contribution in [3.05, 3.63) is 35.9 Å². The molecule has 1 aromatic rings. The second-order valence-electron chi connectivity index (χ2n) is 6.01. The van der Waals surface area contributed by atoms with Crippen LogP contribution in [0.2, 0.25) is 0 Å². The van der Waals surface area contributed by atoms with Crippen molar-refractivity contribution in [3.8, 4) is 6.07 Å². The summed E-state index contributed by atoms with van der Waals surface area (Å²) in [6, 6.07) is 12.2. The molecule has 2 aliphatic rings.